The van der Waals surface area contributed by atoms with Crippen LogP contribution in [-0.2, 0) is 16.0 Å². The van der Waals surface area contributed by atoms with E-state index in [4.69, 9.17) is 4.74 Å². The van der Waals surface area contributed by atoms with Crippen LogP contribution in [0.1, 0.15) is 31.2 Å². The molecule has 1 amide bonds. The van der Waals surface area contributed by atoms with E-state index in [1.807, 2.05) is 18.2 Å². The monoisotopic (exact) mass is 288 g/mol. The Morgan fingerprint density at radius 1 is 1.24 bits per heavy atom. The molecule has 2 saturated heterocycles. The number of amides is 1. The van der Waals surface area contributed by atoms with Gasteiger partial charge in [-0.25, -0.2) is 0 Å². The van der Waals surface area contributed by atoms with Gasteiger partial charge in [-0.3, -0.25) is 4.79 Å². The molecule has 1 aromatic carbocycles. The van der Waals surface area contributed by atoms with Crippen molar-refractivity contribution in [2.45, 2.75) is 43.8 Å². The lowest BCUT2D eigenvalue weighted by molar-refractivity contribution is -0.138. The topological polar surface area (TPSA) is 50.4 Å². The first-order chi connectivity index (χ1) is 10.3. The minimum absolute atomic E-state index is 0.0350. The summed E-state index contributed by atoms with van der Waals surface area (Å²) in [5, 5.41) is 6.37. The average molecular weight is 288 g/mol. The second-order valence-corrected chi connectivity index (χ2v) is 6.10. The van der Waals surface area contributed by atoms with Crippen molar-refractivity contribution in [3.8, 4) is 0 Å². The van der Waals surface area contributed by atoms with Crippen LogP contribution >= 0.6 is 0 Å². The van der Waals surface area contributed by atoms with Crippen molar-refractivity contribution < 1.29 is 9.53 Å². The SMILES string of the molecule is O=C(NCCc1ccccc1)[C@H]1CCC2(CCNCC2)O1. The third-order valence-corrected chi connectivity index (χ3v) is 4.62. The molecule has 1 aromatic rings. The van der Waals surface area contributed by atoms with E-state index in [0.29, 0.717) is 6.54 Å². The fourth-order valence-corrected chi connectivity index (χ4v) is 3.34. The molecular formula is C17H24N2O2. The van der Waals surface area contributed by atoms with Crippen LogP contribution < -0.4 is 10.6 Å². The molecule has 21 heavy (non-hydrogen) atoms. The molecule has 2 fully saturated rings. The highest BCUT2D eigenvalue weighted by atomic mass is 16.5. The highest BCUT2D eigenvalue weighted by molar-refractivity contribution is 5.81. The maximum Gasteiger partial charge on any atom is 0.249 e. The molecule has 0 aliphatic carbocycles. The molecule has 0 bridgehead atoms. The summed E-state index contributed by atoms with van der Waals surface area (Å²) < 4.78 is 6.10. The third-order valence-electron chi connectivity index (χ3n) is 4.62. The Morgan fingerprint density at radius 3 is 2.76 bits per heavy atom. The number of hydrogen-bond acceptors (Lipinski definition) is 3. The summed E-state index contributed by atoms with van der Waals surface area (Å²) in [5.74, 6) is 0.0568. The molecule has 4 nitrogen and oxygen atoms in total. The van der Waals surface area contributed by atoms with Crippen LogP contribution in [0.15, 0.2) is 30.3 Å². The zero-order valence-corrected chi connectivity index (χ0v) is 12.4. The van der Waals surface area contributed by atoms with Crippen LogP contribution in [0.25, 0.3) is 0 Å². The largest absolute Gasteiger partial charge is 0.362 e. The van der Waals surface area contributed by atoms with Crippen LogP contribution in [0, 0.1) is 0 Å². The summed E-state index contributed by atoms with van der Waals surface area (Å²) in [4.78, 5) is 12.2. The van der Waals surface area contributed by atoms with Crippen LogP contribution in [0.2, 0.25) is 0 Å². The first-order valence-electron chi connectivity index (χ1n) is 7.98. The van der Waals surface area contributed by atoms with Crippen LogP contribution in [0.3, 0.4) is 0 Å². The molecule has 4 heteroatoms. The average Bonchev–Trinajstić information content (AvgIpc) is 2.93. The third kappa shape index (κ3) is 3.63. The lowest BCUT2D eigenvalue weighted by Gasteiger charge is -2.33. The van der Waals surface area contributed by atoms with Crippen molar-refractivity contribution >= 4 is 5.91 Å². The molecule has 0 radical (unpaired) electrons. The van der Waals surface area contributed by atoms with Gasteiger partial charge in [0.05, 0.1) is 5.60 Å². The molecule has 2 aliphatic heterocycles. The van der Waals surface area contributed by atoms with Gasteiger partial charge in [-0.1, -0.05) is 30.3 Å². The standard InChI is InChI=1S/C17H24N2O2/c20-16(19-11-7-14-4-2-1-3-5-14)15-6-8-17(21-15)9-12-18-13-10-17/h1-5,15,18H,6-13H2,(H,19,20)/t15-/m1/s1. The van der Waals surface area contributed by atoms with E-state index in [1.165, 1.54) is 5.56 Å². The molecule has 3 rings (SSSR count). The Kier molecular flexibility index (Phi) is 4.56. The van der Waals surface area contributed by atoms with Crippen LogP contribution in [-0.4, -0.2) is 37.2 Å². The van der Waals surface area contributed by atoms with Gasteiger partial charge in [0, 0.05) is 6.54 Å². The lowest BCUT2D eigenvalue weighted by atomic mass is 9.89. The van der Waals surface area contributed by atoms with Gasteiger partial charge in [0.1, 0.15) is 6.10 Å². The molecule has 2 N–H and O–H groups in total. The number of benzene rings is 1. The van der Waals surface area contributed by atoms with E-state index in [-0.39, 0.29) is 17.6 Å². The second-order valence-electron chi connectivity index (χ2n) is 6.10. The number of piperidine rings is 1. The minimum atomic E-state index is -0.251. The molecule has 0 saturated carbocycles. The van der Waals surface area contributed by atoms with Crippen molar-refractivity contribution in [2.24, 2.45) is 0 Å². The molecule has 0 unspecified atom stereocenters. The zero-order chi connectivity index (χ0) is 14.5. The van der Waals surface area contributed by atoms with Crippen molar-refractivity contribution in [1.82, 2.24) is 10.6 Å². The number of carbonyl (C=O) groups excluding carboxylic acids is 1. The summed E-state index contributed by atoms with van der Waals surface area (Å²) in [6.45, 7) is 2.68. The fraction of sp³-hybridized carbons (Fsp3) is 0.588. The minimum Gasteiger partial charge on any atom is -0.362 e. The van der Waals surface area contributed by atoms with Crippen molar-refractivity contribution in [1.29, 1.82) is 0 Å². The first-order valence-corrected chi connectivity index (χ1v) is 7.98. The first kappa shape index (κ1) is 14.5. The van der Waals surface area contributed by atoms with Gasteiger partial charge in [0.2, 0.25) is 5.91 Å². The Labute approximate surface area is 126 Å². The highest BCUT2D eigenvalue weighted by Gasteiger charge is 2.43. The van der Waals surface area contributed by atoms with E-state index in [2.05, 4.69) is 22.8 Å². The van der Waals surface area contributed by atoms with E-state index in [0.717, 1.165) is 45.2 Å². The van der Waals surface area contributed by atoms with Gasteiger partial charge in [-0.05, 0) is 50.8 Å². The Morgan fingerprint density at radius 2 is 2.00 bits per heavy atom. The highest BCUT2D eigenvalue weighted by Crippen LogP contribution is 2.37. The van der Waals surface area contributed by atoms with Gasteiger partial charge >= 0.3 is 0 Å². The lowest BCUT2D eigenvalue weighted by Crippen LogP contribution is -2.44. The van der Waals surface area contributed by atoms with Crippen LogP contribution in [0.5, 0.6) is 0 Å². The normalized spacial score (nSPS) is 24.1. The molecule has 114 valence electrons. The quantitative estimate of drug-likeness (QED) is 0.885. The van der Waals surface area contributed by atoms with Gasteiger partial charge in [0.25, 0.3) is 0 Å². The van der Waals surface area contributed by atoms with Gasteiger partial charge in [-0.15, -0.1) is 0 Å². The van der Waals surface area contributed by atoms with Gasteiger partial charge in [0.15, 0.2) is 0 Å². The predicted octanol–water partition coefficient (Wildman–Crippen LogP) is 1.65. The maximum absolute atomic E-state index is 12.2. The molecule has 1 spiro atoms. The smallest absolute Gasteiger partial charge is 0.249 e. The number of ether oxygens (including phenoxy) is 1. The number of carbonyl (C=O) groups is 1. The van der Waals surface area contributed by atoms with E-state index in [9.17, 15) is 4.79 Å². The van der Waals surface area contributed by atoms with Crippen LogP contribution in [0.4, 0.5) is 0 Å². The summed E-state index contributed by atoms with van der Waals surface area (Å²) in [6, 6.07) is 10.2. The van der Waals surface area contributed by atoms with E-state index < -0.39 is 0 Å². The van der Waals surface area contributed by atoms with E-state index in [1.54, 1.807) is 0 Å². The zero-order valence-electron chi connectivity index (χ0n) is 12.4. The predicted molar refractivity (Wildman–Crippen MR) is 82.1 cm³/mol. The Balaban J connectivity index is 1.44. The Bertz CT molecular complexity index is 469. The Hall–Kier alpha value is -1.39. The summed E-state index contributed by atoms with van der Waals surface area (Å²) >= 11 is 0. The summed E-state index contributed by atoms with van der Waals surface area (Å²) in [7, 11) is 0. The van der Waals surface area contributed by atoms with Gasteiger partial charge in [-0.2, -0.15) is 0 Å². The second kappa shape index (κ2) is 6.58. The summed E-state index contributed by atoms with van der Waals surface area (Å²) in [5.41, 5.74) is 1.21. The molecule has 2 heterocycles. The molecular weight excluding hydrogens is 264 g/mol. The van der Waals surface area contributed by atoms with E-state index >= 15 is 0 Å². The molecule has 0 aromatic heterocycles. The number of hydrogen-bond donors (Lipinski definition) is 2. The molecule has 2 aliphatic rings. The number of nitrogens with one attached hydrogen (secondary N) is 2. The van der Waals surface area contributed by atoms with Crippen molar-refractivity contribution in [2.75, 3.05) is 19.6 Å². The van der Waals surface area contributed by atoms with Gasteiger partial charge < -0.3 is 15.4 Å². The fourth-order valence-electron chi connectivity index (χ4n) is 3.34. The summed E-state index contributed by atoms with van der Waals surface area (Å²) in [6.07, 6.45) is 4.55. The van der Waals surface area contributed by atoms with Crippen molar-refractivity contribution in [3.63, 3.8) is 0 Å². The van der Waals surface area contributed by atoms with Crippen molar-refractivity contribution in [3.05, 3.63) is 35.9 Å². The molecule has 1 atom stereocenters. The number of rotatable bonds is 4. The maximum atomic E-state index is 12.2.